The van der Waals surface area contributed by atoms with Gasteiger partial charge in [-0.15, -0.1) is 0 Å². The summed E-state index contributed by atoms with van der Waals surface area (Å²) in [4.78, 5) is 17.3. The average Bonchev–Trinajstić information content (AvgIpc) is 3.01. The van der Waals surface area contributed by atoms with Gasteiger partial charge in [0.2, 0.25) is 0 Å². The largest absolute Gasteiger partial charge is 0.497 e. The summed E-state index contributed by atoms with van der Waals surface area (Å²) in [5.74, 6) is 0.752. The molecule has 0 spiro atoms. The molecule has 0 heterocycles. The first-order chi connectivity index (χ1) is 11.2. The Balaban J connectivity index is 1.79. The van der Waals surface area contributed by atoms with Crippen molar-refractivity contribution in [1.29, 1.82) is 0 Å². The van der Waals surface area contributed by atoms with Gasteiger partial charge in [0, 0.05) is 5.56 Å². The number of methoxy groups -OCH3 is 2. The van der Waals surface area contributed by atoms with E-state index in [4.69, 9.17) is 14.3 Å². The van der Waals surface area contributed by atoms with Gasteiger partial charge in [0.15, 0.2) is 0 Å². The molecule has 0 aromatic heterocycles. The number of rotatable bonds is 4. The molecule has 0 bridgehead atoms. The SMILES string of the molecule is COc1ccc2c(c1)CC/C2=N/OC(=O)c1ccccc1OC. The number of para-hydroxylation sites is 1. The van der Waals surface area contributed by atoms with Crippen molar-refractivity contribution in [2.75, 3.05) is 14.2 Å². The molecule has 0 amide bonds. The molecule has 0 fully saturated rings. The van der Waals surface area contributed by atoms with E-state index in [2.05, 4.69) is 5.16 Å². The fourth-order valence-electron chi connectivity index (χ4n) is 2.63. The van der Waals surface area contributed by atoms with Gasteiger partial charge in [-0.05, 0) is 48.7 Å². The summed E-state index contributed by atoms with van der Waals surface area (Å²) < 4.78 is 10.4. The molecule has 0 atom stereocenters. The molecule has 0 saturated heterocycles. The predicted molar refractivity (Wildman–Crippen MR) is 86.3 cm³/mol. The topological polar surface area (TPSA) is 57.1 Å². The van der Waals surface area contributed by atoms with Crippen molar-refractivity contribution in [2.24, 2.45) is 5.16 Å². The maximum absolute atomic E-state index is 12.2. The summed E-state index contributed by atoms with van der Waals surface area (Å²) in [5, 5.41) is 4.04. The average molecular weight is 311 g/mol. The molecule has 0 unspecified atom stereocenters. The number of nitrogens with zero attached hydrogens (tertiary/aromatic N) is 1. The van der Waals surface area contributed by atoms with Gasteiger partial charge in [-0.3, -0.25) is 0 Å². The van der Waals surface area contributed by atoms with Gasteiger partial charge in [0.25, 0.3) is 0 Å². The Morgan fingerprint density at radius 2 is 1.87 bits per heavy atom. The minimum absolute atomic E-state index is 0.354. The summed E-state index contributed by atoms with van der Waals surface area (Å²) in [7, 11) is 3.15. The number of ether oxygens (including phenoxy) is 2. The summed E-state index contributed by atoms with van der Waals surface area (Å²) >= 11 is 0. The van der Waals surface area contributed by atoms with E-state index in [1.807, 2.05) is 18.2 Å². The van der Waals surface area contributed by atoms with Gasteiger partial charge in [-0.2, -0.15) is 0 Å². The van der Waals surface area contributed by atoms with Crippen molar-refractivity contribution in [3.05, 3.63) is 59.2 Å². The Kier molecular flexibility index (Phi) is 4.28. The Morgan fingerprint density at radius 1 is 1.04 bits per heavy atom. The Hall–Kier alpha value is -2.82. The Bertz CT molecular complexity index is 767. The number of hydrogen-bond donors (Lipinski definition) is 0. The smallest absolute Gasteiger partial charge is 0.369 e. The van der Waals surface area contributed by atoms with Crippen LogP contribution >= 0.6 is 0 Å². The van der Waals surface area contributed by atoms with Crippen molar-refractivity contribution in [3.8, 4) is 11.5 Å². The summed E-state index contributed by atoms with van der Waals surface area (Å²) in [5.41, 5.74) is 3.27. The van der Waals surface area contributed by atoms with Crippen LogP contribution in [0.4, 0.5) is 0 Å². The van der Waals surface area contributed by atoms with Gasteiger partial charge < -0.3 is 14.3 Å². The number of fused-ring (bicyclic) bond motifs is 1. The number of carbonyl (C=O) groups is 1. The van der Waals surface area contributed by atoms with Crippen molar-refractivity contribution in [1.82, 2.24) is 0 Å². The molecule has 0 saturated carbocycles. The molecule has 1 aliphatic carbocycles. The predicted octanol–water partition coefficient (Wildman–Crippen LogP) is 3.21. The zero-order valence-electron chi connectivity index (χ0n) is 13.0. The lowest BCUT2D eigenvalue weighted by Crippen LogP contribution is -2.06. The molecule has 0 N–H and O–H groups in total. The molecular formula is C18H17NO4. The molecule has 1 aliphatic rings. The van der Waals surface area contributed by atoms with E-state index in [9.17, 15) is 4.79 Å². The number of carbonyl (C=O) groups excluding carboxylic acids is 1. The van der Waals surface area contributed by atoms with Crippen molar-refractivity contribution < 1.29 is 19.1 Å². The number of oxime groups is 1. The van der Waals surface area contributed by atoms with Crippen LogP contribution in [-0.4, -0.2) is 25.9 Å². The van der Waals surface area contributed by atoms with E-state index >= 15 is 0 Å². The van der Waals surface area contributed by atoms with E-state index < -0.39 is 5.97 Å². The molecule has 5 nitrogen and oxygen atoms in total. The lowest BCUT2D eigenvalue weighted by atomic mass is 10.1. The van der Waals surface area contributed by atoms with Crippen LogP contribution in [0.15, 0.2) is 47.6 Å². The second kappa shape index (κ2) is 6.52. The maximum atomic E-state index is 12.2. The first-order valence-electron chi connectivity index (χ1n) is 7.31. The van der Waals surface area contributed by atoms with E-state index in [1.165, 1.54) is 7.11 Å². The molecule has 5 heteroatoms. The third kappa shape index (κ3) is 3.04. The van der Waals surface area contributed by atoms with E-state index in [1.54, 1.807) is 31.4 Å². The van der Waals surface area contributed by atoms with Gasteiger partial charge in [-0.1, -0.05) is 17.3 Å². The first-order valence-corrected chi connectivity index (χ1v) is 7.31. The molecule has 118 valence electrons. The van der Waals surface area contributed by atoms with E-state index in [0.29, 0.717) is 11.3 Å². The lowest BCUT2D eigenvalue weighted by Gasteiger charge is -2.06. The zero-order valence-corrected chi connectivity index (χ0v) is 13.0. The minimum atomic E-state index is -0.531. The highest BCUT2D eigenvalue weighted by Gasteiger charge is 2.20. The van der Waals surface area contributed by atoms with Crippen LogP contribution in [0, 0.1) is 0 Å². The van der Waals surface area contributed by atoms with E-state index in [0.717, 1.165) is 35.4 Å². The highest BCUT2D eigenvalue weighted by Crippen LogP contribution is 2.27. The summed E-state index contributed by atoms with van der Waals surface area (Å²) in [6, 6.07) is 12.7. The Labute approximate surface area is 134 Å². The molecule has 0 aliphatic heterocycles. The lowest BCUT2D eigenvalue weighted by molar-refractivity contribution is 0.0512. The van der Waals surface area contributed by atoms with Crippen molar-refractivity contribution in [3.63, 3.8) is 0 Å². The third-order valence-corrected chi connectivity index (χ3v) is 3.82. The maximum Gasteiger partial charge on any atom is 0.369 e. The van der Waals surface area contributed by atoms with E-state index in [-0.39, 0.29) is 0 Å². The van der Waals surface area contributed by atoms with Crippen LogP contribution in [0.2, 0.25) is 0 Å². The molecule has 2 aromatic rings. The first kappa shape index (κ1) is 15.1. The molecule has 2 aromatic carbocycles. The second-order valence-electron chi connectivity index (χ2n) is 5.14. The molecule has 3 rings (SSSR count). The molecular weight excluding hydrogens is 294 g/mol. The fourth-order valence-corrected chi connectivity index (χ4v) is 2.63. The highest BCUT2D eigenvalue weighted by molar-refractivity contribution is 6.05. The fraction of sp³-hybridized carbons (Fsp3) is 0.222. The standard InChI is InChI=1S/C18H17NO4/c1-21-13-8-9-14-12(11-13)7-10-16(14)19-23-18(20)15-5-3-4-6-17(15)22-2/h3-6,8-9,11H,7,10H2,1-2H3/b19-16-. The van der Waals surface area contributed by atoms with Gasteiger partial charge in [0.05, 0.1) is 19.9 Å². The van der Waals surface area contributed by atoms with Crippen molar-refractivity contribution >= 4 is 11.7 Å². The summed E-state index contributed by atoms with van der Waals surface area (Å²) in [6.45, 7) is 0. The normalized spacial score (nSPS) is 14.4. The van der Waals surface area contributed by atoms with Crippen LogP contribution in [-0.2, 0) is 11.3 Å². The minimum Gasteiger partial charge on any atom is -0.497 e. The zero-order chi connectivity index (χ0) is 16.2. The van der Waals surface area contributed by atoms with Crippen LogP contribution in [0.25, 0.3) is 0 Å². The van der Waals surface area contributed by atoms with Gasteiger partial charge in [0.1, 0.15) is 17.1 Å². The molecule has 23 heavy (non-hydrogen) atoms. The summed E-state index contributed by atoms with van der Waals surface area (Å²) in [6.07, 6.45) is 1.60. The highest BCUT2D eigenvalue weighted by atomic mass is 16.7. The monoisotopic (exact) mass is 311 g/mol. The Morgan fingerprint density at radius 3 is 2.65 bits per heavy atom. The second-order valence-corrected chi connectivity index (χ2v) is 5.14. The molecule has 0 radical (unpaired) electrons. The van der Waals surface area contributed by atoms with Crippen LogP contribution < -0.4 is 9.47 Å². The quantitative estimate of drug-likeness (QED) is 0.642. The number of benzene rings is 2. The number of aryl methyl sites for hydroxylation is 1. The van der Waals surface area contributed by atoms with Gasteiger partial charge >= 0.3 is 5.97 Å². The van der Waals surface area contributed by atoms with Crippen LogP contribution in [0.1, 0.15) is 27.9 Å². The van der Waals surface area contributed by atoms with Gasteiger partial charge in [-0.25, -0.2) is 4.79 Å². The number of hydrogen-bond acceptors (Lipinski definition) is 5. The van der Waals surface area contributed by atoms with Crippen LogP contribution in [0.3, 0.4) is 0 Å². The van der Waals surface area contributed by atoms with Crippen LogP contribution in [0.5, 0.6) is 11.5 Å². The third-order valence-electron chi connectivity index (χ3n) is 3.82. The van der Waals surface area contributed by atoms with Crippen molar-refractivity contribution in [2.45, 2.75) is 12.8 Å².